The van der Waals surface area contributed by atoms with Crippen LogP contribution in [0, 0.1) is 0 Å². The normalized spacial score (nSPS) is 15.6. The van der Waals surface area contributed by atoms with E-state index in [0.29, 0.717) is 33.3 Å². The van der Waals surface area contributed by atoms with Crippen molar-refractivity contribution in [3.63, 3.8) is 0 Å². The highest BCUT2D eigenvalue weighted by molar-refractivity contribution is 9.09. The maximum atomic E-state index is 13.3. The van der Waals surface area contributed by atoms with E-state index in [-0.39, 0.29) is 40.7 Å². The van der Waals surface area contributed by atoms with Crippen LogP contribution in [0.4, 0.5) is 0 Å². The molecule has 1 unspecified atom stereocenters. The molecule has 0 saturated heterocycles. The standard InChI is InChI=1S/C28H24BrNO6/c1-4-13-34-27(32)22-16(3)30-20(15-29)24(28(33)35-14-5-2)23(22)18-10-8-11-19-25(31)17-9-6-7-12-21(17)36-26(18)19/h4-12,23,30H,1-2,13-15H2,3H3. The highest BCUT2D eigenvalue weighted by atomic mass is 79.9. The van der Waals surface area contributed by atoms with Gasteiger partial charge in [0.15, 0.2) is 0 Å². The van der Waals surface area contributed by atoms with Crippen LogP contribution in [0.3, 0.4) is 0 Å². The molecule has 0 radical (unpaired) electrons. The van der Waals surface area contributed by atoms with Crippen molar-refractivity contribution < 1.29 is 23.5 Å². The minimum absolute atomic E-state index is 0.0111. The Morgan fingerprint density at radius 3 is 2.31 bits per heavy atom. The van der Waals surface area contributed by atoms with Crippen molar-refractivity contribution in [3.8, 4) is 0 Å². The number of carbonyl (C=O) groups is 2. The van der Waals surface area contributed by atoms with Gasteiger partial charge in [-0.05, 0) is 25.1 Å². The number of halogens is 1. The van der Waals surface area contributed by atoms with Crippen LogP contribution >= 0.6 is 15.9 Å². The second kappa shape index (κ2) is 10.8. The van der Waals surface area contributed by atoms with E-state index >= 15 is 0 Å². The smallest absolute Gasteiger partial charge is 0.337 e. The van der Waals surface area contributed by atoms with Gasteiger partial charge in [0, 0.05) is 22.3 Å². The molecule has 0 aliphatic carbocycles. The number of rotatable bonds is 8. The molecule has 1 N–H and O–H groups in total. The summed E-state index contributed by atoms with van der Waals surface area (Å²) < 4.78 is 17.0. The molecular formula is C28H24BrNO6. The summed E-state index contributed by atoms with van der Waals surface area (Å²) in [5.74, 6) is -2.20. The molecule has 36 heavy (non-hydrogen) atoms. The van der Waals surface area contributed by atoms with E-state index in [2.05, 4.69) is 34.4 Å². The zero-order valence-corrected chi connectivity index (χ0v) is 21.2. The minimum Gasteiger partial charge on any atom is -0.458 e. The number of allylic oxidation sites excluding steroid dienone is 2. The van der Waals surface area contributed by atoms with E-state index in [0.717, 1.165) is 0 Å². The number of benzene rings is 2. The number of nitrogens with one attached hydrogen (secondary N) is 1. The van der Waals surface area contributed by atoms with Gasteiger partial charge in [-0.25, -0.2) is 9.59 Å². The quantitative estimate of drug-likeness (QED) is 0.182. The minimum atomic E-state index is -0.929. The third kappa shape index (κ3) is 4.52. The fourth-order valence-electron chi connectivity index (χ4n) is 4.32. The first kappa shape index (κ1) is 25.2. The number of fused-ring (bicyclic) bond motifs is 2. The number of dihydropyridines is 1. The van der Waals surface area contributed by atoms with Crippen LogP contribution < -0.4 is 10.7 Å². The monoisotopic (exact) mass is 549 g/mol. The first-order chi connectivity index (χ1) is 17.4. The fourth-order valence-corrected chi connectivity index (χ4v) is 4.76. The Hall–Kier alpha value is -3.91. The molecule has 184 valence electrons. The summed E-state index contributed by atoms with van der Waals surface area (Å²) in [5, 5.41) is 4.19. The van der Waals surface area contributed by atoms with Crippen LogP contribution in [-0.2, 0) is 19.1 Å². The number of hydrogen-bond donors (Lipinski definition) is 1. The number of carbonyl (C=O) groups excluding carboxylic acids is 2. The van der Waals surface area contributed by atoms with Crippen molar-refractivity contribution in [3.05, 3.63) is 106 Å². The molecule has 4 rings (SSSR count). The lowest BCUT2D eigenvalue weighted by atomic mass is 9.79. The fraction of sp³-hybridized carbons (Fsp3) is 0.179. The zero-order chi connectivity index (χ0) is 25.8. The van der Waals surface area contributed by atoms with Crippen LogP contribution in [0.15, 0.2) is 99.5 Å². The number of esters is 2. The van der Waals surface area contributed by atoms with E-state index in [1.54, 1.807) is 49.4 Å². The van der Waals surface area contributed by atoms with Crippen molar-refractivity contribution in [1.82, 2.24) is 5.32 Å². The molecule has 3 aromatic rings. The second-order valence-corrected chi connectivity index (χ2v) is 8.61. The molecule has 0 bridgehead atoms. The predicted molar refractivity (Wildman–Crippen MR) is 142 cm³/mol. The predicted octanol–water partition coefficient (Wildman–Crippen LogP) is 5.01. The molecule has 1 aromatic heterocycles. The number of alkyl halides is 1. The average Bonchev–Trinajstić information content (AvgIpc) is 2.89. The Bertz CT molecular complexity index is 1510. The first-order valence-corrected chi connectivity index (χ1v) is 12.3. The molecule has 2 aromatic carbocycles. The zero-order valence-electron chi connectivity index (χ0n) is 19.6. The number of hydrogen-bond acceptors (Lipinski definition) is 7. The van der Waals surface area contributed by atoms with Crippen molar-refractivity contribution in [2.45, 2.75) is 12.8 Å². The van der Waals surface area contributed by atoms with E-state index in [4.69, 9.17) is 13.9 Å². The molecule has 7 nitrogen and oxygen atoms in total. The lowest BCUT2D eigenvalue weighted by Crippen LogP contribution is -2.34. The van der Waals surface area contributed by atoms with Crippen molar-refractivity contribution in [1.29, 1.82) is 0 Å². The molecule has 1 aliphatic heterocycles. The van der Waals surface area contributed by atoms with Gasteiger partial charge in [-0.2, -0.15) is 0 Å². The summed E-state index contributed by atoms with van der Waals surface area (Å²) in [6.07, 6.45) is 2.92. The summed E-state index contributed by atoms with van der Waals surface area (Å²) in [6, 6.07) is 12.0. The van der Waals surface area contributed by atoms with Gasteiger partial charge in [0.2, 0.25) is 5.43 Å². The Morgan fingerprint density at radius 1 is 1.00 bits per heavy atom. The maximum Gasteiger partial charge on any atom is 0.337 e. The SMILES string of the molecule is C=CCOC(=O)C1=C(C)NC(CBr)=C(C(=O)OCC=C)C1c1cccc2c(=O)c3ccccc3oc12. The molecule has 1 aliphatic rings. The van der Waals surface area contributed by atoms with Gasteiger partial charge in [-0.15, -0.1) is 0 Å². The van der Waals surface area contributed by atoms with Gasteiger partial charge in [0.1, 0.15) is 24.4 Å². The van der Waals surface area contributed by atoms with E-state index in [1.165, 1.54) is 12.2 Å². The van der Waals surface area contributed by atoms with Crippen molar-refractivity contribution in [2.75, 3.05) is 18.5 Å². The van der Waals surface area contributed by atoms with Crippen LogP contribution in [0.2, 0.25) is 0 Å². The van der Waals surface area contributed by atoms with Crippen LogP contribution in [-0.4, -0.2) is 30.5 Å². The van der Waals surface area contributed by atoms with Crippen molar-refractivity contribution >= 4 is 49.8 Å². The first-order valence-electron chi connectivity index (χ1n) is 11.2. The summed E-state index contributed by atoms with van der Waals surface area (Å²) in [5.41, 5.74) is 2.36. The molecule has 0 amide bonds. The van der Waals surface area contributed by atoms with Crippen LogP contribution in [0.5, 0.6) is 0 Å². The summed E-state index contributed by atoms with van der Waals surface area (Å²) in [6.45, 7) is 8.90. The van der Waals surface area contributed by atoms with Crippen LogP contribution in [0.25, 0.3) is 21.9 Å². The van der Waals surface area contributed by atoms with Gasteiger partial charge in [0.05, 0.1) is 27.8 Å². The molecule has 8 heteroatoms. The molecule has 1 atom stereocenters. The van der Waals surface area contributed by atoms with Gasteiger partial charge in [-0.1, -0.05) is 65.5 Å². The van der Waals surface area contributed by atoms with Gasteiger partial charge < -0.3 is 19.2 Å². The molecule has 0 saturated carbocycles. The Kier molecular flexibility index (Phi) is 7.55. The highest BCUT2D eigenvalue weighted by Crippen LogP contribution is 2.42. The highest BCUT2D eigenvalue weighted by Gasteiger charge is 2.40. The van der Waals surface area contributed by atoms with Gasteiger partial charge >= 0.3 is 11.9 Å². The molecule has 2 heterocycles. The third-order valence-electron chi connectivity index (χ3n) is 5.83. The molecule has 0 spiro atoms. The average molecular weight is 550 g/mol. The lowest BCUT2D eigenvalue weighted by Gasteiger charge is -2.31. The Morgan fingerprint density at radius 2 is 1.64 bits per heavy atom. The Labute approximate surface area is 215 Å². The van der Waals surface area contributed by atoms with Crippen LogP contribution in [0.1, 0.15) is 18.4 Å². The Balaban J connectivity index is 2.05. The number of ether oxygens (including phenoxy) is 2. The number of para-hydroxylation sites is 2. The molecule has 0 fully saturated rings. The lowest BCUT2D eigenvalue weighted by molar-refractivity contribution is -0.138. The third-order valence-corrected chi connectivity index (χ3v) is 6.39. The van der Waals surface area contributed by atoms with E-state index < -0.39 is 17.9 Å². The molecular weight excluding hydrogens is 526 g/mol. The van der Waals surface area contributed by atoms with Crippen molar-refractivity contribution in [2.24, 2.45) is 0 Å². The largest absolute Gasteiger partial charge is 0.458 e. The van der Waals surface area contributed by atoms with E-state index in [1.807, 2.05) is 0 Å². The van der Waals surface area contributed by atoms with E-state index in [9.17, 15) is 14.4 Å². The topological polar surface area (TPSA) is 94.8 Å². The summed E-state index contributed by atoms with van der Waals surface area (Å²) in [7, 11) is 0. The van der Waals surface area contributed by atoms with Gasteiger partial charge in [0.25, 0.3) is 0 Å². The summed E-state index contributed by atoms with van der Waals surface area (Å²) in [4.78, 5) is 39.9. The maximum absolute atomic E-state index is 13.3. The second-order valence-electron chi connectivity index (χ2n) is 8.05. The summed E-state index contributed by atoms with van der Waals surface area (Å²) >= 11 is 3.43. The van der Waals surface area contributed by atoms with Gasteiger partial charge in [-0.3, -0.25) is 4.79 Å².